The van der Waals surface area contributed by atoms with E-state index in [4.69, 9.17) is 11.2 Å². The number of benzene rings is 1. The number of carbonyl (C=O) groups is 2. The number of rotatable bonds is 8. The predicted octanol–water partition coefficient (Wildman–Crippen LogP) is -0.245. The van der Waals surface area contributed by atoms with Gasteiger partial charge in [-0.3, -0.25) is 14.2 Å². The van der Waals surface area contributed by atoms with Gasteiger partial charge in [-0.1, -0.05) is 12.0 Å². The first-order chi connectivity index (χ1) is 14.9. The minimum absolute atomic E-state index is 0.0271. The number of thiazole rings is 1. The molecule has 0 saturated carbocycles. The lowest BCUT2D eigenvalue weighted by molar-refractivity contribution is -0.142. The zero-order valence-corrected chi connectivity index (χ0v) is 17.7. The van der Waals surface area contributed by atoms with E-state index in [1.54, 1.807) is 31.2 Å². The Hall–Kier alpha value is -4.02. The molecule has 160 valence electrons. The second-order valence-corrected chi connectivity index (χ2v) is 6.91. The lowest BCUT2D eigenvalue weighted by Gasteiger charge is -2.06. The van der Waals surface area contributed by atoms with Gasteiger partial charge in [0.1, 0.15) is 21.0 Å². The van der Waals surface area contributed by atoms with Crippen LogP contribution in [0.5, 0.6) is 5.75 Å². The van der Waals surface area contributed by atoms with Gasteiger partial charge in [0.25, 0.3) is 11.5 Å². The smallest absolute Gasteiger partial charge is 0.343 e. The monoisotopic (exact) mass is 440 g/mol. The molecule has 2 aromatic rings. The number of methoxy groups -OCH3 is 1. The van der Waals surface area contributed by atoms with Gasteiger partial charge in [-0.25, -0.2) is 4.79 Å². The summed E-state index contributed by atoms with van der Waals surface area (Å²) in [6, 6.07) is 8.62. The number of carbonyl (C=O) groups excluding carboxylic acids is 2. The van der Waals surface area contributed by atoms with E-state index >= 15 is 0 Å². The van der Waals surface area contributed by atoms with Crippen LogP contribution < -0.4 is 30.1 Å². The highest BCUT2D eigenvalue weighted by Gasteiger charge is 2.14. The molecule has 0 aliphatic rings. The molecule has 2 N–H and O–H groups in total. The molecule has 0 saturated heterocycles. The van der Waals surface area contributed by atoms with Crippen molar-refractivity contribution in [3.05, 3.63) is 43.8 Å². The molecule has 0 aliphatic carbocycles. The lowest BCUT2D eigenvalue weighted by atomic mass is 10.3. The van der Waals surface area contributed by atoms with Crippen molar-refractivity contribution in [2.45, 2.75) is 13.5 Å². The molecule has 0 fully saturated rings. The quantitative estimate of drug-likeness (QED) is 0.429. The van der Waals surface area contributed by atoms with Crippen LogP contribution in [0.15, 0.2) is 29.1 Å². The van der Waals surface area contributed by atoms with Gasteiger partial charge in [0, 0.05) is 24.5 Å². The second kappa shape index (κ2) is 11.2. The van der Waals surface area contributed by atoms with Crippen molar-refractivity contribution >= 4 is 40.7 Å². The maximum absolute atomic E-state index is 12.7. The minimum Gasteiger partial charge on any atom is -0.482 e. The number of nitrogens with zero attached hydrogens (tertiary/aromatic N) is 2. The van der Waals surface area contributed by atoms with Crippen molar-refractivity contribution in [2.75, 3.05) is 25.6 Å². The molecule has 0 unspecified atom stereocenters. The van der Waals surface area contributed by atoms with Crippen molar-refractivity contribution in [1.82, 2.24) is 9.88 Å². The summed E-state index contributed by atoms with van der Waals surface area (Å²) in [6.07, 6.45) is 6.62. The van der Waals surface area contributed by atoms with Crippen LogP contribution in [0, 0.1) is 23.7 Å². The molecular weight excluding hydrogens is 420 g/mol. The average Bonchev–Trinajstić information content (AvgIpc) is 3.10. The van der Waals surface area contributed by atoms with Gasteiger partial charge in [-0.2, -0.15) is 5.26 Å². The summed E-state index contributed by atoms with van der Waals surface area (Å²) in [5.41, 5.74) is 0.0821. The number of nitrogens with one attached hydrogen (secondary N) is 2. The van der Waals surface area contributed by atoms with Crippen LogP contribution in [-0.4, -0.2) is 36.7 Å². The Bertz CT molecular complexity index is 1230. The Morgan fingerprint density at radius 2 is 2.16 bits per heavy atom. The molecule has 9 nitrogen and oxygen atoms in total. The molecule has 1 aromatic carbocycles. The van der Waals surface area contributed by atoms with E-state index < -0.39 is 11.9 Å². The van der Waals surface area contributed by atoms with E-state index in [-0.39, 0.29) is 35.5 Å². The Balaban J connectivity index is 2.39. The Morgan fingerprint density at radius 3 is 2.81 bits per heavy atom. The first-order valence-electron chi connectivity index (χ1n) is 9.07. The molecule has 0 atom stereocenters. The third-order valence-electron chi connectivity index (χ3n) is 3.92. The second-order valence-electron chi connectivity index (χ2n) is 5.88. The number of hydrogen-bond donors (Lipinski definition) is 2. The molecule has 1 aromatic heterocycles. The highest BCUT2D eigenvalue weighted by molar-refractivity contribution is 7.07. The number of ether oxygens (including phenoxy) is 2. The van der Waals surface area contributed by atoms with Crippen molar-refractivity contribution in [3.8, 4) is 24.2 Å². The number of hydrogen-bond acceptors (Lipinski definition) is 8. The van der Waals surface area contributed by atoms with Gasteiger partial charge < -0.3 is 20.1 Å². The summed E-state index contributed by atoms with van der Waals surface area (Å²) in [6.45, 7) is 1.77. The third-order valence-corrected chi connectivity index (χ3v) is 5.05. The summed E-state index contributed by atoms with van der Waals surface area (Å²) >= 11 is 1.01. The normalized spacial score (nSPS) is 11.7. The topological polar surface area (TPSA) is 122 Å². The molecule has 1 amide bonds. The van der Waals surface area contributed by atoms with Crippen LogP contribution in [-0.2, 0) is 20.9 Å². The first-order valence-corrected chi connectivity index (χ1v) is 9.88. The van der Waals surface area contributed by atoms with E-state index in [0.29, 0.717) is 16.0 Å². The van der Waals surface area contributed by atoms with Gasteiger partial charge in [-0.15, -0.1) is 17.8 Å². The van der Waals surface area contributed by atoms with Gasteiger partial charge >= 0.3 is 5.97 Å². The van der Waals surface area contributed by atoms with Crippen molar-refractivity contribution in [2.24, 2.45) is 0 Å². The highest BCUT2D eigenvalue weighted by atomic mass is 32.1. The van der Waals surface area contributed by atoms with Crippen LogP contribution in [0.1, 0.15) is 6.92 Å². The van der Waals surface area contributed by atoms with E-state index in [2.05, 4.69) is 21.3 Å². The standard InChI is InChI=1S/C21H20N4O5S/c1-4-9-23-19(27)16(11-22)21-25(5-2)20(28)17(31-21)12-24-14-7-6-8-15(10-14)30-13-18(26)29-3/h1,6-8,10,12,24H,5,9,13H2,2-3H3,(H,23,27)/b17-12+,21-16-. The fourth-order valence-corrected chi connectivity index (χ4v) is 3.52. The van der Waals surface area contributed by atoms with Crippen molar-refractivity contribution < 1.29 is 19.1 Å². The Labute approximate surface area is 182 Å². The van der Waals surface area contributed by atoms with E-state index in [1.807, 2.05) is 6.07 Å². The third kappa shape index (κ3) is 5.98. The van der Waals surface area contributed by atoms with Crippen LogP contribution in [0.4, 0.5) is 5.69 Å². The fraction of sp³-hybridized carbons (Fsp3) is 0.238. The van der Waals surface area contributed by atoms with Gasteiger partial charge in [0.2, 0.25) is 0 Å². The Morgan fingerprint density at radius 1 is 1.39 bits per heavy atom. The zero-order chi connectivity index (χ0) is 22.8. The van der Waals surface area contributed by atoms with E-state index in [1.165, 1.54) is 17.9 Å². The van der Waals surface area contributed by atoms with E-state index in [9.17, 15) is 19.6 Å². The summed E-state index contributed by atoms with van der Waals surface area (Å²) in [7, 11) is 1.27. The van der Waals surface area contributed by atoms with Gasteiger partial charge in [-0.05, 0) is 19.1 Å². The molecule has 0 bridgehead atoms. The number of nitriles is 1. The fourth-order valence-electron chi connectivity index (χ4n) is 2.43. The number of terminal acetylenes is 1. The minimum atomic E-state index is -0.640. The molecular formula is C21H20N4O5S. The number of anilines is 1. The van der Waals surface area contributed by atoms with Crippen LogP contribution in [0.3, 0.4) is 0 Å². The SMILES string of the molecule is C#CCNC(=O)/C(C#N)=c1\s/c(=C/Nc2cccc(OCC(=O)OC)c2)c(=O)n1CC. The summed E-state index contributed by atoms with van der Waals surface area (Å²) < 4.78 is 11.8. The number of esters is 1. The molecule has 1 heterocycles. The lowest BCUT2D eigenvalue weighted by Crippen LogP contribution is -2.34. The summed E-state index contributed by atoms with van der Waals surface area (Å²) in [4.78, 5) is 36.1. The maximum atomic E-state index is 12.7. The predicted molar refractivity (Wildman–Crippen MR) is 116 cm³/mol. The number of amides is 1. The Kier molecular flexibility index (Phi) is 8.43. The largest absolute Gasteiger partial charge is 0.482 e. The van der Waals surface area contributed by atoms with E-state index in [0.717, 1.165) is 11.3 Å². The van der Waals surface area contributed by atoms with Crippen molar-refractivity contribution in [3.63, 3.8) is 0 Å². The van der Waals surface area contributed by atoms with Gasteiger partial charge in [0.05, 0.1) is 13.7 Å². The zero-order valence-electron chi connectivity index (χ0n) is 16.9. The molecule has 10 heteroatoms. The first kappa shape index (κ1) is 23.3. The van der Waals surface area contributed by atoms with Crippen LogP contribution >= 0.6 is 11.3 Å². The van der Waals surface area contributed by atoms with Gasteiger partial charge in [0.15, 0.2) is 12.2 Å². The highest BCUT2D eigenvalue weighted by Crippen LogP contribution is 2.17. The summed E-state index contributed by atoms with van der Waals surface area (Å²) in [5.74, 6) is 1.55. The van der Waals surface area contributed by atoms with Crippen molar-refractivity contribution in [1.29, 1.82) is 5.26 Å². The molecule has 0 aliphatic heterocycles. The average molecular weight is 440 g/mol. The number of aromatic nitrogens is 1. The molecule has 2 rings (SSSR count). The molecule has 0 spiro atoms. The maximum Gasteiger partial charge on any atom is 0.343 e. The van der Waals surface area contributed by atoms with Crippen LogP contribution in [0.25, 0.3) is 11.8 Å². The van der Waals surface area contributed by atoms with Crippen LogP contribution in [0.2, 0.25) is 0 Å². The molecule has 31 heavy (non-hydrogen) atoms. The molecule has 0 radical (unpaired) electrons. The summed E-state index contributed by atoms with van der Waals surface area (Å²) in [5, 5.41) is 14.9.